The monoisotopic (exact) mass is 994 g/mol. The van der Waals surface area contributed by atoms with Gasteiger partial charge in [0.05, 0.1) is 12.9 Å². The number of imidazole rings is 1. The van der Waals surface area contributed by atoms with Crippen molar-refractivity contribution in [3.63, 3.8) is 0 Å². The average molecular weight is 994 g/mol. The molecule has 0 radical (unpaired) electrons. The second kappa shape index (κ2) is 26.9. The van der Waals surface area contributed by atoms with E-state index < -0.39 is 127 Å². The number of aliphatic hydroxyl groups excluding tert-OH is 1. The number of aliphatic hydroxyl groups is 1. The third-order valence-corrected chi connectivity index (χ3v) is 12.4. The van der Waals surface area contributed by atoms with Gasteiger partial charge in [0.15, 0.2) is 0 Å². The number of carboxylic acids is 2. The third-order valence-electron chi connectivity index (χ3n) is 12.4. The maximum Gasteiger partial charge on any atom is 0.326 e. The van der Waals surface area contributed by atoms with Crippen LogP contribution in [0.1, 0.15) is 97.7 Å². The van der Waals surface area contributed by atoms with Crippen molar-refractivity contribution in [2.45, 2.75) is 148 Å². The number of H-pyrrole nitrogens is 2. The lowest BCUT2D eigenvalue weighted by Crippen LogP contribution is -2.61. The molecule has 9 atom stereocenters. The maximum atomic E-state index is 14.3. The summed E-state index contributed by atoms with van der Waals surface area (Å²) in [5.74, 6) is -8.64. The Labute approximate surface area is 412 Å². The molecule has 0 bridgehead atoms. The largest absolute Gasteiger partial charge is 0.481 e. The standard InChI is InChI=1S/C48H71N11O12/c1-7-27(6)40(58-45(67)38-13-10-16-59(38)47(69)36(18-26(4)5)56-41(63)31(49)23-60)46(68)55-34(17-25(2)3)43(65)54-35(20-29-22-50-24-52-29)44(66)53-33(14-15-39(61)62)42(64)57-37(48(70)71)19-28-21-51-32-12-9-8-11-30(28)32/h8-9,11-12,21-22,24-27,31,33-38,40,51,60H,7,10,13-20,23,49H2,1-6H3,(H,50,52)(H,53,66)(H,54,65)(H,55,68)(H,56,63)(H,57,64)(H,58,67)(H,61,62)(H,70,71)/t27-,31-,33-,34-,35-,36-,37-,38-,40-/m0/s1. The molecule has 71 heavy (non-hydrogen) atoms. The molecule has 0 unspecified atom stereocenters. The van der Waals surface area contributed by atoms with Crippen LogP contribution in [0.5, 0.6) is 0 Å². The van der Waals surface area contributed by atoms with E-state index in [1.165, 1.54) is 17.4 Å². The lowest BCUT2D eigenvalue weighted by Gasteiger charge is -2.32. The summed E-state index contributed by atoms with van der Waals surface area (Å²) in [7, 11) is 0. The number of hydrogen-bond acceptors (Lipinski definition) is 12. The van der Waals surface area contributed by atoms with Crippen molar-refractivity contribution < 1.29 is 58.5 Å². The van der Waals surface area contributed by atoms with E-state index in [-0.39, 0.29) is 50.5 Å². The van der Waals surface area contributed by atoms with Crippen LogP contribution in [-0.4, -0.2) is 150 Å². The Hall–Kier alpha value is -6.88. The van der Waals surface area contributed by atoms with E-state index in [9.17, 15) is 58.5 Å². The summed E-state index contributed by atoms with van der Waals surface area (Å²) in [5.41, 5.74) is 7.43. The minimum absolute atomic E-state index is 0.0395. The summed E-state index contributed by atoms with van der Waals surface area (Å²) in [6, 6.07) is -3.06. The Balaban J connectivity index is 1.54. The van der Waals surface area contributed by atoms with Crippen LogP contribution in [0.2, 0.25) is 0 Å². The molecular formula is C48H71N11O12. The molecule has 0 spiro atoms. The number of carbonyl (C=O) groups excluding carboxylic acids is 7. The van der Waals surface area contributed by atoms with Gasteiger partial charge in [0.25, 0.3) is 0 Å². The highest BCUT2D eigenvalue weighted by Gasteiger charge is 2.41. The van der Waals surface area contributed by atoms with Crippen LogP contribution >= 0.6 is 0 Å². The number of aliphatic carboxylic acids is 2. The zero-order valence-electron chi connectivity index (χ0n) is 41.2. The lowest BCUT2D eigenvalue weighted by molar-refractivity contribution is -0.143. The van der Waals surface area contributed by atoms with E-state index >= 15 is 0 Å². The molecule has 23 nitrogen and oxygen atoms in total. The summed E-state index contributed by atoms with van der Waals surface area (Å²) in [4.78, 5) is 133. The van der Waals surface area contributed by atoms with Crippen LogP contribution in [0.15, 0.2) is 43.0 Å². The van der Waals surface area contributed by atoms with Gasteiger partial charge in [-0.2, -0.15) is 0 Å². The predicted molar refractivity (Wildman–Crippen MR) is 259 cm³/mol. The number of carbonyl (C=O) groups is 9. The Morgan fingerprint density at radius 3 is 1.99 bits per heavy atom. The fourth-order valence-corrected chi connectivity index (χ4v) is 8.37. The number of aromatic amines is 2. The first-order valence-corrected chi connectivity index (χ1v) is 24.1. The molecular weight excluding hydrogens is 923 g/mol. The zero-order valence-corrected chi connectivity index (χ0v) is 41.2. The van der Waals surface area contributed by atoms with Gasteiger partial charge in [0.2, 0.25) is 41.4 Å². The topological polar surface area (TPSA) is 360 Å². The molecule has 3 aromatic rings. The number of hydrogen-bond donors (Lipinski definition) is 12. The minimum atomic E-state index is -1.56. The number of benzene rings is 1. The molecule has 7 amide bonds. The van der Waals surface area contributed by atoms with Gasteiger partial charge in [-0.1, -0.05) is 66.2 Å². The van der Waals surface area contributed by atoms with E-state index in [0.29, 0.717) is 24.1 Å². The maximum absolute atomic E-state index is 14.3. The summed E-state index contributed by atoms with van der Waals surface area (Å²) >= 11 is 0. The van der Waals surface area contributed by atoms with Gasteiger partial charge in [0, 0.05) is 54.8 Å². The molecule has 1 aliphatic heterocycles. The van der Waals surface area contributed by atoms with Crippen LogP contribution in [0.25, 0.3) is 10.9 Å². The van der Waals surface area contributed by atoms with E-state index in [4.69, 9.17) is 5.73 Å². The number of aromatic nitrogens is 3. The molecule has 390 valence electrons. The Bertz CT molecular complexity index is 2320. The van der Waals surface area contributed by atoms with Crippen molar-refractivity contribution >= 4 is 64.2 Å². The molecule has 4 rings (SSSR count). The normalized spacial score (nSPS) is 17.0. The molecule has 1 saturated heterocycles. The van der Waals surface area contributed by atoms with Gasteiger partial charge >= 0.3 is 11.9 Å². The van der Waals surface area contributed by atoms with Crippen LogP contribution < -0.4 is 37.6 Å². The zero-order chi connectivity index (χ0) is 52.5. The SMILES string of the molecule is CC[C@H](C)[C@H](NC(=O)[C@@H]1CCCN1C(=O)[C@H](CC(C)C)NC(=O)[C@@H](N)CO)C(=O)N[C@@H](CC(C)C)C(=O)N[C@@H](Cc1cnc[nH]1)C(=O)N[C@@H](CCC(=O)O)C(=O)N[C@@H](Cc1c[nH]c2ccccc12)C(=O)O. The quantitative estimate of drug-likeness (QED) is 0.0455. The van der Waals surface area contributed by atoms with Crippen LogP contribution in [-0.2, 0) is 56.0 Å². The van der Waals surface area contributed by atoms with Crippen LogP contribution in [0, 0.1) is 17.8 Å². The Kier molecular flexibility index (Phi) is 21.5. The highest BCUT2D eigenvalue weighted by molar-refractivity contribution is 5.98. The molecule has 1 aliphatic rings. The van der Waals surface area contributed by atoms with Gasteiger partial charge < -0.3 is 67.8 Å². The first-order chi connectivity index (χ1) is 33.6. The molecule has 13 N–H and O–H groups in total. The average Bonchev–Trinajstić information content (AvgIpc) is 4.12. The number of rotatable bonds is 28. The highest BCUT2D eigenvalue weighted by atomic mass is 16.4. The fraction of sp³-hybridized carbons (Fsp3) is 0.583. The van der Waals surface area contributed by atoms with Crippen molar-refractivity contribution in [2.75, 3.05) is 13.2 Å². The fourth-order valence-electron chi connectivity index (χ4n) is 8.37. The van der Waals surface area contributed by atoms with Gasteiger partial charge in [0.1, 0.15) is 48.3 Å². The van der Waals surface area contributed by atoms with E-state index in [1.54, 1.807) is 37.4 Å². The molecule has 23 heteroatoms. The lowest BCUT2D eigenvalue weighted by atomic mass is 9.96. The van der Waals surface area contributed by atoms with Crippen LogP contribution in [0.3, 0.4) is 0 Å². The number of nitrogens with zero attached hydrogens (tertiary/aromatic N) is 2. The number of para-hydroxylation sites is 1. The predicted octanol–water partition coefficient (Wildman–Crippen LogP) is -0.0167. The number of likely N-dealkylation sites (tertiary alicyclic amines) is 1. The highest BCUT2D eigenvalue weighted by Crippen LogP contribution is 2.23. The molecule has 1 aromatic carbocycles. The number of nitrogens with one attached hydrogen (secondary N) is 8. The van der Waals surface area contributed by atoms with Gasteiger partial charge in [-0.05, 0) is 61.5 Å². The summed E-state index contributed by atoms with van der Waals surface area (Å²) in [6.07, 6.45) is 4.46. The molecule has 3 heterocycles. The molecule has 2 aromatic heterocycles. The van der Waals surface area contributed by atoms with E-state index in [2.05, 4.69) is 46.9 Å². The van der Waals surface area contributed by atoms with E-state index in [0.717, 1.165) is 10.9 Å². The van der Waals surface area contributed by atoms with Gasteiger partial charge in [-0.3, -0.25) is 38.4 Å². The summed E-state index contributed by atoms with van der Waals surface area (Å²) in [5, 5.41) is 45.6. The van der Waals surface area contributed by atoms with E-state index in [1.807, 2.05) is 34.6 Å². The second-order valence-corrected chi connectivity index (χ2v) is 19.0. The number of amides is 7. The van der Waals surface area contributed by atoms with Gasteiger partial charge in [-0.25, -0.2) is 9.78 Å². The van der Waals surface area contributed by atoms with Crippen molar-refractivity contribution in [3.05, 3.63) is 54.2 Å². The van der Waals surface area contributed by atoms with Crippen LogP contribution in [0.4, 0.5) is 0 Å². The first-order valence-electron chi connectivity index (χ1n) is 24.1. The number of fused-ring (bicyclic) bond motifs is 1. The number of carboxylic acid groups (broad SMARTS) is 2. The minimum Gasteiger partial charge on any atom is -0.481 e. The smallest absolute Gasteiger partial charge is 0.326 e. The van der Waals surface area contributed by atoms with Gasteiger partial charge in [-0.15, -0.1) is 0 Å². The Morgan fingerprint density at radius 1 is 0.761 bits per heavy atom. The molecule has 0 saturated carbocycles. The third kappa shape index (κ3) is 16.6. The summed E-state index contributed by atoms with van der Waals surface area (Å²) < 4.78 is 0. The summed E-state index contributed by atoms with van der Waals surface area (Å²) in [6.45, 7) is 10.5. The Morgan fingerprint density at radius 2 is 1.37 bits per heavy atom. The van der Waals surface area contributed by atoms with Crippen molar-refractivity contribution in [1.29, 1.82) is 0 Å². The first kappa shape index (κ1) is 56.7. The van der Waals surface area contributed by atoms with Crippen molar-refractivity contribution in [3.8, 4) is 0 Å². The van der Waals surface area contributed by atoms with Crippen molar-refractivity contribution in [2.24, 2.45) is 23.5 Å². The van der Waals surface area contributed by atoms with Crippen molar-refractivity contribution in [1.82, 2.24) is 51.8 Å². The molecule has 0 aliphatic carbocycles. The molecule has 1 fully saturated rings. The second-order valence-electron chi connectivity index (χ2n) is 19.0. The number of nitrogens with two attached hydrogens (primary N) is 1.